The van der Waals surface area contributed by atoms with Gasteiger partial charge >= 0.3 is 0 Å². The van der Waals surface area contributed by atoms with Crippen LogP contribution in [0.4, 0.5) is 11.6 Å². The third-order valence-corrected chi connectivity index (χ3v) is 5.52. The predicted octanol–water partition coefficient (Wildman–Crippen LogP) is 5.10. The Morgan fingerprint density at radius 3 is 2.36 bits per heavy atom. The Hall–Kier alpha value is -4.07. The van der Waals surface area contributed by atoms with Crippen LogP contribution in [0.3, 0.4) is 0 Å². The lowest BCUT2D eigenvalue weighted by atomic mass is 10.0. The number of hydrogen-bond donors (Lipinski definition) is 1. The molecular formula is C25H26N8. The highest BCUT2D eigenvalue weighted by atomic mass is 15.3. The molecule has 3 aromatic heterocycles. The van der Waals surface area contributed by atoms with Gasteiger partial charge in [-0.15, -0.1) is 0 Å². The smallest absolute Gasteiger partial charge is 0.227 e. The lowest BCUT2D eigenvalue weighted by Crippen LogP contribution is -2.22. The Labute approximate surface area is 192 Å². The van der Waals surface area contributed by atoms with Gasteiger partial charge < -0.3 is 9.88 Å². The standard InChI is InChI=1S/C25H26N8/c1-16-7-9-18(19(13-16)22-28-15-29-32(22)5)23-31-20-14-17(30-24-26-11-6-12-27-24)8-10-21(20)33(23)25(2,3)4/h6-15H,1-5H3,(H,26,27,30). The molecule has 5 rings (SSSR count). The molecule has 0 saturated carbocycles. The van der Waals surface area contributed by atoms with Gasteiger partial charge in [0.2, 0.25) is 5.95 Å². The highest BCUT2D eigenvalue weighted by Crippen LogP contribution is 2.37. The minimum atomic E-state index is -0.191. The van der Waals surface area contributed by atoms with Crippen LogP contribution in [0.15, 0.2) is 61.2 Å². The Balaban J connectivity index is 1.71. The average Bonchev–Trinajstić information content (AvgIpc) is 3.37. The van der Waals surface area contributed by atoms with Gasteiger partial charge in [-0.05, 0) is 58.0 Å². The van der Waals surface area contributed by atoms with Crippen LogP contribution in [0.2, 0.25) is 0 Å². The molecule has 0 amide bonds. The van der Waals surface area contributed by atoms with Gasteiger partial charge in [0.15, 0.2) is 5.82 Å². The van der Waals surface area contributed by atoms with Gasteiger partial charge in [0.25, 0.3) is 0 Å². The summed E-state index contributed by atoms with van der Waals surface area (Å²) in [5, 5.41) is 7.54. The summed E-state index contributed by atoms with van der Waals surface area (Å²) in [5.41, 5.74) is 5.83. The third-order valence-electron chi connectivity index (χ3n) is 5.52. The second-order valence-electron chi connectivity index (χ2n) is 9.10. The van der Waals surface area contributed by atoms with Gasteiger partial charge in [-0.2, -0.15) is 5.10 Å². The summed E-state index contributed by atoms with van der Waals surface area (Å²) in [7, 11) is 1.91. The monoisotopic (exact) mass is 438 g/mol. The number of aromatic nitrogens is 7. The van der Waals surface area contributed by atoms with E-state index in [1.807, 2.05) is 19.2 Å². The highest BCUT2D eigenvalue weighted by Gasteiger charge is 2.25. The molecule has 0 spiro atoms. The van der Waals surface area contributed by atoms with Crippen LogP contribution in [0, 0.1) is 6.92 Å². The molecule has 0 bridgehead atoms. The van der Waals surface area contributed by atoms with Crippen LogP contribution in [-0.4, -0.2) is 34.3 Å². The van der Waals surface area contributed by atoms with E-state index in [-0.39, 0.29) is 5.54 Å². The van der Waals surface area contributed by atoms with Gasteiger partial charge in [0.1, 0.15) is 12.2 Å². The van der Waals surface area contributed by atoms with Gasteiger partial charge in [-0.1, -0.05) is 17.7 Å². The van der Waals surface area contributed by atoms with E-state index in [0.29, 0.717) is 5.95 Å². The second-order valence-corrected chi connectivity index (χ2v) is 9.10. The Morgan fingerprint density at radius 1 is 0.879 bits per heavy atom. The first-order valence-corrected chi connectivity index (χ1v) is 10.8. The molecule has 2 aromatic carbocycles. The zero-order chi connectivity index (χ0) is 23.2. The van der Waals surface area contributed by atoms with E-state index >= 15 is 0 Å². The molecule has 33 heavy (non-hydrogen) atoms. The van der Waals surface area contributed by atoms with Crippen LogP contribution >= 0.6 is 0 Å². The minimum absolute atomic E-state index is 0.191. The highest BCUT2D eigenvalue weighted by molar-refractivity contribution is 5.88. The summed E-state index contributed by atoms with van der Waals surface area (Å²) in [6.45, 7) is 8.66. The Bertz CT molecular complexity index is 1440. The van der Waals surface area contributed by atoms with Crippen molar-refractivity contribution in [2.45, 2.75) is 33.2 Å². The molecule has 0 fully saturated rings. The van der Waals surface area contributed by atoms with Crippen LogP contribution in [0.1, 0.15) is 26.3 Å². The van der Waals surface area contributed by atoms with Gasteiger partial charge in [-0.25, -0.2) is 24.6 Å². The molecule has 0 saturated heterocycles. The van der Waals surface area contributed by atoms with Gasteiger partial charge in [0.05, 0.1) is 11.0 Å². The first-order valence-electron chi connectivity index (χ1n) is 10.8. The van der Waals surface area contributed by atoms with E-state index in [0.717, 1.165) is 45.1 Å². The summed E-state index contributed by atoms with van der Waals surface area (Å²) < 4.78 is 4.08. The molecule has 0 atom stereocenters. The topological polar surface area (TPSA) is 86.3 Å². The first-order chi connectivity index (χ1) is 15.8. The lowest BCUT2D eigenvalue weighted by molar-refractivity contribution is 0.413. The molecule has 0 aliphatic rings. The van der Waals surface area contributed by atoms with E-state index in [1.54, 1.807) is 29.5 Å². The number of fused-ring (bicyclic) bond motifs is 1. The molecule has 0 aliphatic heterocycles. The molecule has 0 radical (unpaired) electrons. The maximum Gasteiger partial charge on any atom is 0.227 e. The summed E-state index contributed by atoms with van der Waals surface area (Å²) in [5.74, 6) is 2.25. The molecule has 1 N–H and O–H groups in total. The predicted molar refractivity (Wildman–Crippen MR) is 130 cm³/mol. The van der Waals surface area contributed by atoms with Crippen molar-refractivity contribution in [2.75, 3.05) is 5.32 Å². The molecular weight excluding hydrogens is 412 g/mol. The van der Waals surface area contributed by atoms with Crippen LogP contribution < -0.4 is 5.32 Å². The molecule has 0 unspecified atom stereocenters. The molecule has 5 aromatic rings. The Morgan fingerprint density at radius 2 is 1.67 bits per heavy atom. The van der Waals surface area contributed by atoms with Crippen molar-refractivity contribution < 1.29 is 0 Å². The Kier molecular flexibility index (Phi) is 4.92. The number of benzene rings is 2. The van der Waals surface area contributed by atoms with Crippen LogP contribution in [0.25, 0.3) is 33.8 Å². The number of nitrogens with one attached hydrogen (secondary N) is 1. The van der Waals surface area contributed by atoms with Crippen molar-refractivity contribution in [3.8, 4) is 22.8 Å². The van der Waals surface area contributed by atoms with E-state index in [2.05, 4.69) is 81.9 Å². The lowest BCUT2D eigenvalue weighted by Gasteiger charge is -2.25. The number of imidazole rings is 1. The van der Waals surface area contributed by atoms with E-state index in [1.165, 1.54) is 0 Å². The number of anilines is 2. The maximum atomic E-state index is 5.11. The number of aryl methyl sites for hydroxylation is 2. The summed E-state index contributed by atoms with van der Waals surface area (Å²) in [6, 6.07) is 14.3. The fourth-order valence-corrected chi connectivity index (χ4v) is 4.09. The van der Waals surface area contributed by atoms with Crippen molar-refractivity contribution in [1.29, 1.82) is 0 Å². The van der Waals surface area contributed by atoms with E-state index < -0.39 is 0 Å². The SMILES string of the molecule is Cc1ccc(-c2nc3cc(Nc4ncccn4)ccc3n2C(C)(C)C)c(-c2ncnn2C)c1. The zero-order valence-electron chi connectivity index (χ0n) is 19.4. The van der Waals surface area contributed by atoms with Crippen LogP contribution in [0.5, 0.6) is 0 Å². The summed E-state index contributed by atoms with van der Waals surface area (Å²) in [4.78, 5) is 18.1. The van der Waals surface area contributed by atoms with Crippen LogP contribution in [-0.2, 0) is 12.6 Å². The molecule has 8 heteroatoms. The molecule has 8 nitrogen and oxygen atoms in total. The van der Waals surface area contributed by atoms with Gasteiger partial charge in [0, 0.05) is 41.8 Å². The van der Waals surface area contributed by atoms with Crippen molar-refractivity contribution in [2.24, 2.45) is 7.05 Å². The van der Waals surface area contributed by atoms with Crippen molar-refractivity contribution in [3.05, 3.63) is 66.7 Å². The normalized spacial score (nSPS) is 11.8. The largest absolute Gasteiger partial charge is 0.324 e. The quantitative estimate of drug-likeness (QED) is 0.420. The number of nitrogens with zero attached hydrogens (tertiary/aromatic N) is 7. The zero-order valence-corrected chi connectivity index (χ0v) is 19.4. The first kappa shape index (κ1) is 20.8. The van der Waals surface area contributed by atoms with Crippen molar-refractivity contribution >= 4 is 22.7 Å². The minimum Gasteiger partial charge on any atom is -0.324 e. The molecule has 0 aliphatic carbocycles. The van der Waals surface area contributed by atoms with E-state index in [4.69, 9.17) is 4.98 Å². The molecule has 166 valence electrons. The summed E-state index contributed by atoms with van der Waals surface area (Å²) >= 11 is 0. The second kappa shape index (κ2) is 7.81. The molecule has 3 heterocycles. The average molecular weight is 439 g/mol. The maximum absolute atomic E-state index is 5.11. The summed E-state index contributed by atoms with van der Waals surface area (Å²) in [6.07, 6.45) is 5.01. The fourth-order valence-electron chi connectivity index (χ4n) is 4.09. The number of hydrogen-bond acceptors (Lipinski definition) is 6. The fraction of sp³-hybridized carbons (Fsp3) is 0.240. The third kappa shape index (κ3) is 3.84. The van der Waals surface area contributed by atoms with E-state index in [9.17, 15) is 0 Å². The van der Waals surface area contributed by atoms with Gasteiger partial charge in [-0.3, -0.25) is 0 Å². The van der Waals surface area contributed by atoms with Crippen molar-refractivity contribution in [3.63, 3.8) is 0 Å². The van der Waals surface area contributed by atoms with Crippen molar-refractivity contribution in [1.82, 2.24) is 34.3 Å². The number of rotatable bonds is 4.